The van der Waals surface area contributed by atoms with Crippen LogP contribution in [0.1, 0.15) is 5.56 Å². The molecule has 0 spiro atoms. The number of nitrogens with zero attached hydrogens (tertiary/aromatic N) is 2. The maximum atomic E-state index is 13.2. The SMILES string of the molecule is CN(CC(=O)N(C)C)Cc1ccc(N)c(F)c1. The van der Waals surface area contributed by atoms with E-state index in [4.69, 9.17) is 5.73 Å². The van der Waals surface area contributed by atoms with Crippen molar-refractivity contribution in [1.29, 1.82) is 0 Å². The van der Waals surface area contributed by atoms with E-state index >= 15 is 0 Å². The molecule has 2 N–H and O–H groups in total. The molecule has 17 heavy (non-hydrogen) atoms. The zero-order valence-corrected chi connectivity index (χ0v) is 10.4. The molecule has 0 aliphatic rings. The van der Waals surface area contributed by atoms with E-state index in [1.54, 1.807) is 20.2 Å². The molecule has 0 atom stereocenters. The lowest BCUT2D eigenvalue weighted by Crippen LogP contribution is -2.34. The normalized spacial score (nSPS) is 10.6. The van der Waals surface area contributed by atoms with Crippen LogP contribution in [0.3, 0.4) is 0 Å². The largest absolute Gasteiger partial charge is 0.396 e. The number of hydrogen-bond donors (Lipinski definition) is 1. The molecule has 0 saturated carbocycles. The van der Waals surface area contributed by atoms with Crippen LogP contribution in [-0.2, 0) is 11.3 Å². The molecule has 1 aromatic carbocycles. The number of rotatable bonds is 4. The van der Waals surface area contributed by atoms with Gasteiger partial charge in [0.25, 0.3) is 0 Å². The van der Waals surface area contributed by atoms with Gasteiger partial charge in [0.15, 0.2) is 0 Å². The van der Waals surface area contributed by atoms with E-state index in [9.17, 15) is 9.18 Å². The summed E-state index contributed by atoms with van der Waals surface area (Å²) >= 11 is 0. The van der Waals surface area contributed by atoms with Crippen LogP contribution in [0.2, 0.25) is 0 Å². The van der Waals surface area contributed by atoms with Crippen LogP contribution in [0.4, 0.5) is 10.1 Å². The number of benzene rings is 1. The quantitative estimate of drug-likeness (QED) is 0.795. The average Bonchev–Trinajstić information content (AvgIpc) is 2.23. The van der Waals surface area contributed by atoms with Gasteiger partial charge in [0.05, 0.1) is 12.2 Å². The van der Waals surface area contributed by atoms with Crippen molar-refractivity contribution in [2.75, 3.05) is 33.4 Å². The molecular weight excluding hydrogens is 221 g/mol. The van der Waals surface area contributed by atoms with Gasteiger partial charge in [-0.15, -0.1) is 0 Å². The zero-order chi connectivity index (χ0) is 13.0. The number of nitrogens with two attached hydrogens (primary N) is 1. The summed E-state index contributed by atoms with van der Waals surface area (Å²) in [7, 11) is 5.23. The van der Waals surface area contributed by atoms with E-state index in [-0.39, 0.29) is 11.6 Å². The lowest BCUT2D eigenvalue weighted by atomic mass is 10.2. The molecule has 0 unspecified atom stereocenters. The second-order valence-corrected chi connectivity index (χ2v) is 4.32. The van der Waals surface area contributed by atoms with Gasteiger partial charge in [0, 0.05) is 20.6 Å². The minimum Gasteiger partial charge on any atom is -0.396 e. The summed E-state index contributed by atoms with van der Waals surface area (Å²) < 4.78 is 13.2. The summed E-state index contributed by atoms with van der Waals surface area (Å²) in [6.07, 6.45) is 0. The summed E-state index contributed by atoms with van der Waals surface area (Å²) in [5.41, 5.74) is 6.33. The fourth-order valence-electron chi connectivity index (χ4n) is 1.41. The summed E-state index contributed by atoms with van der Waals surface area (Å²) in [4.78, 5) is 14.8. The lowest BCUT2D eigenvalue weighted by Gasteiger charge is -2.19. The molecule has 0 aromatic heterocycles. The lowest BCUT2D eigenvalue weighted by molar-refractivity contribution is -0.129. The van der Waals surface area contributed by atoms with Crippen molar-refractivity contribution in [3.8, 4) is 0 Å². The third-order valence-electron chi connectivity index (χ3n) is 2.42. The van der Waals surface area contributed by atoms with Crippen molar-refractivity contribution in [3.63, 3.8) is 0 Å². The summed E-state index contributed by atoms with van der Waals surface area (Å²) in [6.45, 7) is 0.815. The number of likely N-dealkylation sites (N-methyl/N-ethyl adjacent to an activating group) is 2. The molecule has 4 nitrogen and oxygen atoms in total. The van der Waals surface area contributed by atoms with Crippen LogP contribution in [0, 0.1) is 5.82 Å². The number of anilines is 1. The van der Waals surface area contributed by atoms with Gasteiger partial charge in [0.1, 0.15) is 5.82 Å². The van der Waals surface area contributed by atoms with Crippen LogP contribution in [0.15, 0.2) is 18.2 Å². The topological polar surface area (TPSA) is 49.6 Å². The predicted molar refractivity (Wildman–Crippen MR) is 65.8 cm³/mol. The summed E-state index contributed by atoms with van der Waals surface area (Å²) in [6, 6.07) is 4.69. The van der Waals surface area contributed by atoms with Crippen molar-refractivity contribution in [3.05, 3.63) is 29.6 Å². The van der Waals surface area contributed by atoms with Crippen LogP contribution < -0.4 is 5.73 Å². The summed E-state index contributed by atoms with van der Waals surface area (Å²) in [5.74, 6) is -0.404. The van der Waals surface area contributed by atoms with Gasteiger partial charge in [0.2, 0.25) is 5.91 Å². The highest BCUT2D eigenvalue weighted by Crippen LogP contribution is 2.13. The Labute approximate surface area is 101 Å². The first kappa shape index (κ1) is 13.4. The first-order valence-corrected chi connectivity index (χ1v) is 5.32. The van der Waals surface area contributed by atoms with E-state index < -0.39 is 5.82 Å². The van der Waals surface area contributed by atoms with Crippen molar-refractivity contribution in [2.24, 2.45) is 0 Å². The Morgan fingerprint density at radius 3 is 2.53 bits per heavy atom. The highest BCUT2D eigenvalue weighted by Gasteiger charge is 2.09. The maximum absolute atomic E-state index is 13.2. The Kier molecular flexibility index (Phi) is 4.45. The Morgan fingerprint density at radius 2 is 2.00 bits per heavy atom. The molecule has 94 valence electrons. The minimum absolute atomic E-state index is 0.0171. The van der Waals surface area contributed by atoms with Crippen LogP contribution >= 0.6 is 0 Å². The Bertz CT molecular complexity index is 407. The second-order valence-electron chi connectivity index (χ2n) is 4.32. The summed E-state index contributed by atoms with van der Waals surface area (Å²) in [5, 5.41) is 0. The first-order chi connectivity index (χ1) is 7.90. The molecule has 1 aromatic rings. The van der Waals surface area contributed by atoms with Gasteiger partial charge < -0.3 is 10.6 Å². The molecule has 5 heteroatoms. The third-order valence-corrected chi connectivity index (χ3v) is 2.42. The van der Waals surface area contributed by atoms with Crippen molar-refractivity contribution in [2.45, 2.75) is 6.54 Å². The fraction of sp³-hybridized carbons (Fsp3) is 0.417. The smallest absolute Gasteiger partial charge is 0.236 e. The zero-order valence-electron chi connectivity index (χ0n) is 10.4. The van der Waals surface area contributed by atoms with Gasteiger partial charge >= 0.3 is 0 Å². The van der Waals surface area contributed by atoms with Crippen molar-refractivity contribution >= 4 is 11.6 Å². The second kappa shape index (κ2) is 5.63. The van der Waals surface area contributed by atoms with Gasteiger partial charge in [-0.25, -0.2) is 4.39 Å². The highest BCUT2D eigenvalue weighted by atomic mass is 19.1. The van der Waals surface area contributed by atoms with Crippen LogP contribution in [0.5, 0.6) is 0 Å². The number of halogens is 1. The highest BCUT2D eigenvalue weighted by molar-refractivity contribution is 5.77. The molecule has 0 bridgehead atoms. The fourth-order valence-corrected chi connectivity index (χ4v) is 1.41. The van der Waals surface area contributed by atoms with Gasteiger partial charge in [-0.2, -0.15) is 0 Å². The van der Waals surface area contributed by atoms with Crippen molar-refractivity contribution in [1.82, 2.24) is 9.80 Å². The van der Waals surface area contributed by atoms with Gasteiger partial charge in [-0.05, 0) is 24.7 Å². The molecule has 0 aliphatic carbocycles. The first-order valence-electron chi connectivity index (χ1n) is 5.32. The van der Waals surface area contributed by atoms with Crippen LogP contribution in [0.25, 0.3) is 0 Å². The average molecular weight is 239 g/mol. The third kappa shape index (κ3) is 4.03. The van der Waals surface area contributed by atoms with E-state index in [0.29, 0.717) is 13.1 Å². The van der Waals surface area contributed by atoms with Gasteiger partial charge in [-0.3, -0.25) is 9.69 Å². The molecule has 0 aliphatic heterocycles. The monoisotopic (exact) mass is 239 g/mol. The van der Waals surface area contributed by atoms with E-state index in [1.165, 1.54) is 17.0 Å². The maximum Gasteiger partial charge on any atom is 0.236 e. The number of carbonyl (C=O) groups is 1. The molecular formula is C12H18FN3O. The number of hydrogen-bond acceptors (Lipinski definition) is 3. The molecule has 0 radical (unpaired) electrons. The van der Waals surface area contributed by atoms with E-state index in [2.05, 4.69) is 0 Å². The van der Waals surface area contributed by atoms with Crippen molar-refractivity contribution < 1.29 is 9.18 Å². The molecule has 0 fully saturated rings. The van der Waals surface area contributed by atoms with E-state index in [0.717, 1.165) is 5.56 Å². The van der Waals surface area contributed by atoms with E-state index in [1.807, 2.05) is 11.9 Å². The molecule has 1 rings (SSSR count). The Balaban J connectivity index is 2.59. The number of carbonyl (C=O) groups excluding carboxylic acids is 1. The predicted octanol–water partition coefficient (Wildman–Crippen LogP) is 0.928. The van der Waals surface area contributed by atoms with Gasteiger partial charge in [-0.1, -0.05) is 6.07 Å². The van der Waals surface area contributed by atoms with Crippen LogP contribution in [-0.4, -0.2) is 43.4 Å². The molecule has 0 saturated heterocycles. The molecule has 1 amide bonds. The Hall–Kier alpha value is -1.62. The Morgan fingerprint density at radius 1 is 1.35 bits per heavy atom. The molecule has 0 heterocycles. The number of nitrogen functional groups attached to an aromatic ring is 1. The minimum atomic E-state index is -0.421. The number of amides is 1. The standard InChI is InChI=1S/C12H18FN3O/c1-15(2)12(17)8-16(3)7-9-4-5-11(14)10(13)6-9/h4-6H,7-8,14H2,1-3H3.